The number of rotatable bonds is 7. The van der Waals surface area contributed by atoms with Gasteiger partial charge in [-0.05, 0) is 26.1 Å². The summed E-state index contributed by atoms with van der Waals surface area (Å²) in [6, 6.07) is 7.29. The van der Waals surface area contributed by atoms with Gasteiger partial charge in [0, 0.05) is 13.0 Å². The summed E-state index contributed by atoms with van der Waals surface area (Å²) < 4.78 is 5.64. The van der Waals surface area contributed by atoms with E-state index in [0.717, 1.165) is 0 Å². The van der Waals surface area contributed by atoms with Crippen molar-refractivity contribution in [1.29, 1.82) is 0 Å². The number of carbonyl (C=O) groups is 1. The van der Waals surface area contributed by atoms with E-state index in [0.29, 0.717) is 30.3 Å². The Labute approximate surface area is 113 Å². The van der Waals surface area contributed by atoms with Crippen molar-refractivity contribution in [2.24, 2.45) is 0 Å². The van der Waals surface area contributed by atoms with Crippen molar-refractivity contribution in [3.63, 3.8) is 0 Å². The first-order valence-electron chi connectivity index (χ1n) is 5.96. The van der Waals surface area contributed by atoms with Crippen molar-refractivity contribution >= 4 is 17.5 Å². The van der Waals surface area contributed by atoms with Gasteiger partial charge in [-0.1, -0.05) is 23.7 Å². The van der Waals surface area contributed by atoms with E-state index in [9.17, 15) is 4.79 Å². The van der Waals surface area contributed by atoms with Crippen LogP contribution in [0.15, 0.2) is 24.3 Å². The van der Waals surface area contributed by atoms with Gasteiger partial charge in [0.15, 0.2) is 0 Å². The Balaban J connectivity index is 2.32. The second-order valence-corrected chi connectivity index (χ2v) is 4.42. The van der Waals surface area contributed by atoms with Gasteiger partial charge >= 0.3 is 0 Å². The van der Waals surface area contributed by atoms with Gasteiger partial charge in [-0.25, -0.2) is 0 Å². The molecule has 0 fully saturated rings. The van der Waals surface area contributed by atoms with Gasteiger partial charge in [-0.15, -0.1) is 0 Å². The molecular weight excluding hydrogens is 252 g/mol. The summed E-state index contributed by atoms with van der Waals surface area (Å²) in [4.78, 5) is 11.4. The minimum absolute atomic E-state index is 0.0129. The Hall–Kier alpha value is -1.26. The van der Waals surface area contributed by atoms with E-state index in [1.54, 1.807) is 6.07 Å². The number of hydrogen-bond donors (Lipinski definition) is 2. The highest BCUT2D eigenvalue weighted by Gasteiger charge is 2.08. The van der Waals surface area contributed by atoms with E-state index < -0.39 is 0 Å². The fourth-order valence-electron chi connectivity index (χ4n) is 1.38. The molecule has 0 spiro atoms. The first kappa shape index (κ1) is 14.8. The number of benzene rings is 1. The Kier molecular flexibility index (Phi) is 6.54. The first-order chi connectivity index (χ1) is 8.63. The monoisotopic (exact) mass is 270 g/mol. The maximum absolute atomic E-state index is 11.4. The SMILES string of the molecule is CNCCC(=O)NCC(C)Oc1ccccc1Cl. The molecule has 1 amide bonds. The van der Waals surface area contributed by atoms with Gasteiger partial charge in [0.05, 0.1) is 11.6 Å². The van der Waals surface area contributed by atoms with Crippen LogP contribution in [-0.4, -0.2) is 32.1 Å². The standard InChI is InChI=1S/C13H19ClN2O2/c1-10(9-16-13(17)7-8-15-2)18-12-6-4-3-5-11(12)14/h3-6,10,15H,7-9H2,1-2H3,(H,16,17). The molecule has 0 aliphatic rings. The number of para-hydroxylation sites is 1. The summed E-state index contributed by atoms with van der Waals surface area (Å²) >= 11 is 5.98. The third kappa shape index (κ3) is 5.38. The molecule has 0 aromatic heterocycles. The zero-order chi connectivity index (χ0) is 13.4. The molecule has 5 heteroatoms. The largest absolute Gasteiger partial charge is 0.487 e. The van der Waals surface area contributed by atoms with Crippen molar-refractivity contribution in [3.05, 3.63) is 29.3 Å². The molecular formula is C13H19ClN2O2. The molecule has 1 aromatic rings. The van der Waals surface area contributed by atoms with Gasteiger partial charge in [0.1, 0.15) is 11.9 Å². The summed E-state index contributed by atoms with van der Waals surface area (Å²) in [6.45, 7) is 3.03. The molecule has 0 saturated heterocycles. The van der Waals surface area contributed by atoms with Crippen LogP contribution in [0.5, 0.6) is 5.75 Å². The number of carbonyl (C=O) groups excluding carboxylic acids is 1. The number of halogens is 1. The third-order valence-corrected chi connectivity index (χ3v) is 2.67. The molecule has 1 atom stereocenters. The molecule has 0 aliphatic heterocycles. The second-order valence-electron chi connectivity index (χ2n) is 4.02. The molecule has 18 heavy (non-hydrogen) atoms. The lowest BCUT2D eigenvalue weighted by Crippen LogP contribution is -2.34. The zero-order valence-electron chi connectivity index (χ0n) is 10.7. The molecule has 4 nitrogen and oxygen atoms in total. The minimum atomic E-state index is -0.122. The summed E-state index contributed by atoms with van der Waals surface area (Å²) in [5.41, 5.74) is 0. The van der Waals surface area contributed by atoms with Crippen LogP contribution in [0.2, 0.25) is 5.02 Å². The summed E-state index contributed by atoms with van der Waals surface area (Å²) in [6.07, 6.45) is 0.346. The van der Waals surface area contributed by atoms with E-state index in [2.05, 4.69) is 10.6 Å². The van der Waals surface area contributed by atoms with Crippen LogP contribution < -0.4 is 15.4 Å². The van der Waals surface area contributed by atoms with Gasteiger partial charge in [0.25, 0.3) is 0 Å². The predicted octanol–water partition coefficient (Wildman–Crippen LogP) is 1.83. The summed E-state index contributed by atoms with van der Waals surface area (Å²) in [5.74, 6) is 0.648. The highest BCUT2D eigenvalue weighted by atomic mass is 35.5. The van der Waals surface area contributed by atoms with Crippen LogP contribution in [0.25, 0.3) is 0 Å². The molecule has 2 N–H and O–H groups in total. The number of nitrogens with one attached hydrogen (secondary N) is 2. The maximum atomic E-state index is 11.4. The number of hydrogen-bond acceptors (Lipinski definition) is 3. The highest BCUT2D eigenvalue weighted by molar-refractivity contribution is 6.32. The number of amides is 1. The van der Waals surface area contributed by atoms with Crippen molar-refractivity contribution in [3.8, 4) is 5.75 Å². The molecule has 0 bridgehead atoms. The smallest absolute Gasteiger partial charge is 0.221 e. The molecule has 0 saturated carbocycles. The van der Waals surface area contributed by atoms with Crippen LogP contribution in [-0.2, 0) is 4.79 Å². The summed E-state index contributed by atoms with van der Waals surface area (Å²) in [7, 11) is 1.82. The van der Waals surface area contributed by atoms with Crippen LogP contribution in [0.3, 0.4) is 0 Å². The average Bonchev–Trinajstić information content (AvgIpc) is 2.36. The van der Waals surface area contributed by atoms with Crippen LogP contribution >= 0.6 is 11.6 Å². The molecule has 1 rings (SSSR count). The maximum Gasteiger partial charge on any atom is 0.221 e. The quantitative estimate of drug-likeness (QED) is 0.795. The Bertz CT molecular complexity index is 385. The molecule has 100 valence electrons. The Morgan fingerprint density at radius 3 is 2.83 bits per heavy atom. The van der Waals surface area contributed by atoms with E-state index in [1.165, 1.54) is 0 Å². The Morgan fingerprint density at radius 1 is 1.44 bits per heavy atom. The van der Waals surface area contributed by atoms with E-state index in [4.69, 9.17) is 16.3 Å². The predicted molar refractivity (Wildman–Crippen MR) is 73.1 cm³/mol. The molecule has 0 aliphatic carbocycles. The van der Waals surface area contributed by atoms with Crippen molar-refractivity contribution < 1.29 is 9.53 Å². The molecule has 0 radical (unpaired) electrons. The van der Waals surface area contributed by atoms with Crippen molar-refractivity contribution in [1.82, 2.24) is 10.6 Å². The fourth-order valence-corrected chi connectivity index (χ4v) is 1.56. The van der Waals surface area contributed by atoms with Gasteiger partial charge < -0.3 is 15.4 Å². The normalized spacial score (nSPS) is 11.9. The van der Waals surface area contributed by atoms with E-state index in [1.807, 2.05) is 32.2 Å². The molecule has 1 unspecified atom stereocenters. The van der Waals surface area contributed by atoms with Gasteiger partial charge in [-0.2, -0.15) is 0 Å². The molecule has 0 heterocycles. The zero-order valence-corrected chi connectivity index (χ0v) is 11.5. The first-order valence-corrected chi connectivity index (χ1v) is 6.33. The van der Waals surface area contributed by atoms with Crippen LogP contribution in [0.4, 0.5) is 0 Å². The van der Waals surface area contributed by atoms with Gasteiger partial charge in [0.2, 0.25) is 5.91 Å². The van der Waals surface area contributed by atoms with E-state index in [-0.39, 0.29) is 12.0 Å². The average molecular weight is 271 g/mol. The molecule has 1 aromatic carbocycles. The fraction of sp³-hybridized carbons (Fsp3) is 0.462. The van der Waals surface area contributed by atoms with Gasteiger partial charge in [-0.3, -0.25) is 4.79 Å². The van der Waals surface area contributed by atoms with E-state index >= 15 is 0 Å². The van der Waals surface area contributed by atoms with Crippen molar-refractivity contribution in [2.45, 2.75) is 19.4 Å². The van der Waals surface area contributed by atoms with Crippen LogP contribution in [0, 0.1) is 0 Å². The number of ether oxygens (including phenoxy) is 1. The lowest BCUT2D eigenvalue weighted by molar-refractivity contribution is -0.121. The van der Waals surface area contributed by atoms with Crippen molar-refractivity contribution in [2.75, 3.05) is 20.1 Å². The topological polar surface area (TPSA) is 50.4 Å². The highest BCUT2D eigenvalue weighted by Crippen LogP contribution is 2.23. The second kappa shape index (κ2) is 7.95. The Morgan fingerprint density at radius 2 is 2.17 bits per heavy atom. The van der Waals surface area contributed by atoms with Crippen LogP contribution in [0.1, 0.15) is 13.3 Å². The third-order valence-electron chi connectivity index (χ3n) is 2.35. The summed E-state index contributed by atoms with van der Waals surface area (Å²) in [5, 5.41) is 6.31. The minimum Gasteiger partial charge on any atom is -0.487 e. The lowest BCUT2D eigenvalue weighted by Gasteiger charge is -2.16. The lowest BCUT2D eigenvalue weighted by atomic mass is 10.3.